The first kappa shape index (κ1) is 18.4. The maximum absolute atomic E-state index is 14.0. The van der Waals surface area contributed by atoms with Gasteiger partial charge in [-0.3, -0.25) is 14.7 Å². The highest BCUT2D eigenvalue weighted by Gasteiger charge is 2.46. The molecule has 10 heteroatoms. The number of hydrogen-bond donors (Lipinski definition) is 0. The molecular weight excluding hydrogens is 358 g/mol. The molecule has 2 aliphatic heterocycles. The van der Waals surface area contributed by atoms with E-state index in [-0.39, 0.29) is 18.2 Å². The summed E-state index contributed by atoms with van der Waals surface area (Å²) in [6.07, 6.45) is -2.45. The summed E-state index contributed by atoms with van der Waals surface area (Å²) in [6.45, 7) is -0.503. The van der Waals surface area contributed by atoms with E-state index in [1.807, 2.05) is 0 Å². The number of alkyl halides is 4. The quantitative estimate of drug-likeness (QED) is 0.763. The summed E-state index contributed by atoms with van der Waals surface area (Å²) in [5.74, 6) is -3.47. The van der Waals surface area contributed by atoms with Crippen molar-refractivity contribution in [2.45, 2.75) is 37.7 Å². The topological polar surface area (TPSA) is 62.7 Å². The second kappa shape index (κ2) is 7.08. The lowest BCUT2D eigenvalue weighted by Gasteiger charge is -2.40. The molecule has 2 aliphatic rings. The SMILES string of the molecule is O=C(Oc1ccc(C(F)F)nc1)N1C[C@H](N2CCCC2=O)CC(F)(F)C1. The van der Waals surface area contributed by atoms with Gasteiger partial charge in [-0.2, -0.15) is 0 Å². The Morgan fingerprint density at radius 2 is 2.12 bits per heavy atom. The lowest BCUT2D eigenvalue weighted by molar-refractivity contribution is -0.135. The van der Waals surface area contributed by atoms with E-state index < -0.39 is 43.1 Å². The predicted molar refractivity (Wildman–Crippen MR) is 81.1 cm³/mol. The van der Waals surface area contributed by atoms with Gasteiger partial charge in [-0.15, -0.1) is 0 Å². The lowest BCUT2D eigenvalue weighted by Crippen LogP contribution is -2.57. The molecule has 2 amide bonds. The largest absolute Gasteiger partial charge is 0.415 e. The summed E-state index contributed by atoms with van der Waals surface area (Å²) in [5, 5.41) is 0. The van der Waals surface area contributed by atoms with Gasteiger partial charge in [0.25, 0.3) is 12.3 Å². The highest BCUT2D eigenvalue weighted by molar-refractivity contribution is 5.78. The van der Waals surface area contributed by atoms with Gasteiger partial charge >= 0.3 is 6.09 Å². The van der Waals surface area contributed by atoms with E-state index in [9.17, 15) is 27.2 Å². The first-order valence-electron chi connectivity index (χ1n) is 8.13. The van der Waals surface area contributed by atoms with Crippen molar-refractivity contribution in [2.24, 2.45) is 0 Å². The molecule has 0 N–H and O–H groups in total. The van der Waals surface area contributed by atoms with Crippen LogP contribution in [0.1, 0.15) is 31.4 Å². The van der Waals surface area contributed by atoms with Crippen LogP contribution in [0.4, 0.5) is 22.4 Å². The first-order valence-corrected chi connectivity index (χ1v) is 8.13. The van der Waals surface area contributed by atoms with Gasteiger partial charge in [-0.25, -0.2) is 22.4 Å². The Kier molecular flexibility index (Phi) is 5.01. The fourth-order valence-corrected chi connectivity index (χ4v) is 3.22. The van der Waals surface area contributed by atoms with Crippen LogP contribution in [0.15, 0.2) is 18.3 Å². The molecule has 0 saturated carbocycles. The monoisotopic (exact) mass is 375 g/mol. The number of aromatic nitrogens is 1. The van der Waals surface area contributed by atoms with E-state index >= 15 is 0 Å². The van der Waals surface area contributed by atoms with Crippen molar-refractivity contribution in [3.8, 4) is 5.75 Å². The van der Waals surface area contributed by atoms with Crippen LogP contribution in [0.2, 0.25) is 0 Å². The van der Waals surface area contributed by atoms with Crippen LogP contribution in [0.3, 0.4) is 0 Å². The summed E-state index contributed by atoms with van der Waals surface area (Å²) >= 11 is 0. The van der Waals surface area contributed by atoms with Crippen molar-refractivity contribution in [1.82, 2.24) is 14.8 Å². The van der Waals surface area contributed by atoms with Gasteiger partial charge in [0, 0.05) is 25.9 Å². The highest BCUT2D eigenvalue weighted by atomic mass is 19.3. The zero-order valence-corrected chi connectivity index (χ0v) is 13.7. The minimum Gasteiger partial charge on any atom is -0.409 e. The first-order chi connectivity index (χ1) is 12.2. The average Bonchev–Trinajstić information content (AvgIpc) is 3.00. The smallest absolute Gasteiger partial charge is 0.409 e. The van der Waals surface area contributed by atoms with E-state index in [1.54, 1.807) is 0 Å². The van der Waals surface area contributed by atoms with Crippen LogP contribution in [0.25, 0.3) is 0 Å². The molecule has 0 aromatic carbocycles. The van der Waals surface area contributed by atoms with Crippen LogP contribution in [0.5, 0.6) is 5.75 Å². The van der Waals surface area contributed by atoms with Gasteiger partial charge in [-0.1, -0.05) is 0 Å². The van der Waals surface area contributed by atoms with E-state index in [2.05, 4.69) is 4.98 Å². The third-order valence-electron chi connectivity index (χ3n) is 4.38. The molecule has 26 heavy (non-hydrogen) atoms. The molecule has 0 bridgehead atoms. The zero-order chi connectivity index (χ0) is 18.9. The number of halogens is 4. The van der Waals surface area contributed by atoms with Crippen molar-refractivity contribution in [3.63, 3.8) is 0 Å². The minimum absolute atomic E-state index is 0.0668. The standard InChI is InChI=1S/C16H17F4N3O3/c17-14(18)12-4-3-11(7-21-12)26-15(25)22-8-10(6-16(19,20)9-22)23-5-1-2-13(23)24/h3-4,7,10,14H,1-2,5-6,8-9H2/t10-/m1/s1. The van der Waals surface area contributed by atoms with E-state index in [0.717, 1.165) is 23.2 Å². The summed E-state index contributed by atoms with van der Waals surface area (Å²) in [4.78, 5) is 29.7. The second-order valence-electron chi connectivity index (χ2n) is 6.37. The molecule has 2 saturated heterocycles. The number of carbonyl (C=O) groups excluding carboxylic acids is 2. The second-order valence-corrected chi connectivity index (χ2v) is 6.37. The molecule has 1 aromatic rings. The number of amides is 2. The van der Waals surface area contributed by atoms with Gasteiger partial charge in [0.05, 0.1) is 18.8 Å². The number of nitrogens with zero attached hydrogens (tertiary/aromatic N) is 3. The maximum atomic E-state index is 14.0. The van der Waals surface area contributed by atoms with Gasteiger partial charge in [-0.05, 0) is 18.6 Å². The van der Waals surface area contributed by atoms with Crippen molar-refractivity contribution >= 4 is 12.0 Å². The lowest BCUT2D eigenvalue weighted by atomic mass is 10.0. The number of ether oxygens (including phenoxy) is 1. The molecule has 0 unspecified atom stereocenters. The molecule has 6 nitrogen and oxygen atoms in total. The van der Waals surface area contributed by atoms with E-state index in [1.165, 1.54) is 4.90 Å². The Labute approximate surface area is 146 Å². The fourth-order valence-electron chi connectivity index (χ4n) is 3.22. The summed E-state index contributed by atoms with van der Waals surface area (Å²) in [7, 11) is 0. The molecule has 0 spiro atoms. The number of hydrogen-bond acceptors (Lipinski definition) is 4. The van der Waals surface area contributed by atoms with E-state index in [0.29, 0.717) is 19.4 Å². The normalized spacial score (nSPS) is 22.8. The Morgan fingerprint density at radius 3 is 2.69 bits per heavy atom. The van der Waals surface area contributed by atoms with Crippen LogP contribution in [-0.4, -0.2) is 58.4 Å². The molecule has 0 radical (unpaired) electrons. The Hall–Kier alpha value is -2.39. The molecule has 142 valence electrons. The molecule has 2 fully saturated rings. The Balaban J connectivity index is 1.68. The molecule has 0 aliphatic carbocycles. The van der Waals surface area contributed by atoms with Gasteiger partial charge in [0.1, 0.15) is 5.69 Å². The Bertz CT molecular complexity index is 684. The third-order valence-corrected chi connectivity index (χ3v) is 4.38. The average molecular weight is 375 g/mol. The van der Waals surface area contributed by atoms with Crippen LogP contribution in [0, 0.1) is 0 Å². The highest BCUT2D eigenvalue weighted by Crippen LogP contribution is 2.32. The Morgan fingerprint density at radius 1 is 1.35 bits per heavy atom. The summed E-state index contributed by atoms with van der Waals surface area (Å²) in [5.41, 5.74) is -0.484. The van der Waals surface area contributed by atoms with Gasteiger partial charge in [0.2, 0.25) is 5.91 Å². The number of likely N-dealkylation sites (tertiary alicyclic amines) is 2. The van der Waals surface area contributed by atoms with Crippen LogP contribution < -0.4 is 4.74 Å². The molecule has 1 aromatic heterocycles. The minimum atomic E-state index is -3.15. The van der Waals surface area contributed by atoms with Crippen molar-refractivity contribution in [3.05, 3.63) is 24.0 Å². The van der Waals surface area contributed by atoms with Crippen LogP contribution in [-0.2, 0) is 4.79 Å². The maximum Gasteiger partial charge on any atom is 0.415 e. The zero-order valence-electron chi connectivity index (χ0n) is 13.7. The van der Waals surface area contributed by atoms with Gasteiger partial charge in [0.15, 0.2) is 5.75 Å². The number of pyridine rings is 1. The third kappa shape index (κ3) is 4.05. The summed E-state index contributed by atoms with van der Waals surface area (Å²) in [6, 6.07) is 1.33. The van der Waals surface area contributed by atoms with Gasteiger partial charge < -0.3 is 9.64 Å². The fraction of sp³-hybridized carbons (Fsp3) is 0.562. The van der Waals surface area contributed by atoms with Crippen molar-refractivity contribution in [2.75, 3.05) is 19.6 Å². The van der Waals surface area contributed by atoms with Crippen molar-refractivity contribution in [1.29, 1.82) is 0 Å². The number of carbonyl (C=O) groups is 2. The number of piperidine rings is 1. The molecule has 3 rings (SSSR count). The van der Waals surface area contributed by atoms with Crippen LogP contribution >= 0.6 is 0 Å². The van der Waals surface area contributed by atoms with Crippen molar-refractivity contribution < 1.29 is 31.9 Å². The number of rotatable bonds is 3. The molecule has 1 atom stereocenters. The van der Waals surface area contributed by atoms with E-state index in [4.69, 9.17) is 4.74 Å². The molecular formula is C16H17F4N3O3. The predicted octanol–water partition coefficient (Wildman–Crippen LogP) is 2.85. The summed E-state index contributed by atoms with van der Waals surface area (Å²) < 4.78 is 58.0. The molecule has 3 heterocycles.